The van der Waals surface area contributed by atoms with Crippen molar-refractivity contribution in [3.63, 3.8) is 0 Å². The maximum absolute atomic E-state index is 12.5. The average Bonchev–Trinajstić information content (AvgIpc) is 2.46. The Labute approximate surface area is 117 Å². The zero-order valence-corrected chi connectivity index (χ0v) is 11.5. The SMILES string of the molecule is CN(c1ccccc1C#N)S(=O)(=O)c1cnccc1N. The van der Waals surface area contributed by atoms with Gasteiger partial charge in [0.1, 0.15) is 11.0 Å². The molecule has 20 heavy (non-hydrogen) atoms. The van der Waals surface area contributed by atoms with Crippen molar-refractivity contribution in [3.05, 3.63) is 48.3 Å². The average molecular weight is 288 g/mol. The number of nitrogen functional groups attached to an aromatic ring is 1. The zero-order valence-electron chi connectivity index (χ0n) is 10.7. The number of para-hydroxylation sites is 1. The lowest BCUT2D eigenvalue weighted by Crippen LogP contribution is -2.28. The van der Waals surface area contributed by atoms with Gasteiger partial charge in [-0.05, 0) is 18.2 Å². The molecule has 6 nitrogen and oxygen atoms in total. The summed E-state index contributed by atoms with van der Waals surface area (Å²) in [4.78, 5) is 3.69. The number of nitrogens with two attached hydrogens (primary N) is 1. The number of hydrogen-bond acceptors (Lipinski definition) is 5. The van der Waals surface area contributed by atoms with Crippen molar-refractivity contribution in [2.75, 3.05) is 17.1 Å². The van der Waals surface area contributed by atoms with E-state index in [0.717, 1.165) is 4.31 Å². The third-order valence-corrected chi connectivity index (χ3v) is 4.63. The van der Waals surface area contributed by atoms with Crippen LogP contribution in [0.2, 0.25) is 0 Å². The first kappa shape index (κ1) is 13.8. The topological polar surface area (TPSA) is 100 Å². The predicted octanol–water partition coefficient (Wildman–Crippen LogP) is 1.36. The van der Waals surface area contributed by atoms with E-state index >= 15 is 0 Å². The molecule has 0 saturated heterocycles. The van der Waals surface area contributed by atoms with Crippen molar-refractivity contribution in [1.29, 1.82) is 5.26 Å². The van der Waals surface area contributed by atoms with Crippen LogP contribution in [0.25, 0.3) is 0 Å². The molecule has 0 aliphatic carbocycles. The summed E-state index contributed by atoms with van der Waals surface area (Å²) in [7, 11) is -2.49. The van der Waals surface area contributed by atoms with E-state index in [1.807, 2.05) is 6.07 Å². The van der Waals surface area contributed by atoms with Crippen LogP contribution in [0.5, 0.6) is 0 Å². The Morgan fingerprint density at radius 3 is 2.65 bits per heavy atom. The minimum atomic E-state index is -3.86. The zero-order chi connectivity index (χ0) is 14.8. The van der Waals surface area contributed by atoms with Gasteiger partial charge in [0.2, 0.25) is 0 Å². The van der Waals surface area contributed by atoms with E-state index in [0.29, 0.717) is 5.69 Å². The smallest absolute Gasteiger partial charge is 0.267 e. The van der Waals surface area contributed by atoms with E-state index in [2.05, 4.69) is 4.98 Å². The molecule has 0 saturated carbocycles. The first-order valence-corrected chi connectivity index (χ1v) is 7.10. The molecule has 0 radical (unpaired) electrons. The van der Waals surface area contributed by atoms with Gasteiger partial charge in [-0.1, -0.05) is 12.1 Å². The Balaban J connectivity index is 2.56. The third-order valence-electron chi connectivity index (χ3n) is 2.82. The van der Waals surface area contributed by atoms with E-state index in [-0.39, 0.29) is 16.1 Å². The fourth-order valence-corrected chi connectivity index (χ4v) is 3.00. The normalized spacial score (nSPS) is 10.8. The summed E-state index contributed by atoms with van der Waals surface area (Å²) in [5.41, 5.74) is 6.35. The van der Waals surface area contributed by atoms with E-state index in [1.165, 1.54) is 25.5 Å². The minimum Gasteiger partial charge on any atom is -0.398 e. The minimum absolute atomic E-state index is 0.0877. The van der Waals surface area contributed by atoms with Crippen molar-refractivity contribution >= 4 is 21.4 Å². The molecule has 0 aliphatic rings. The summed E-state index contributed by atoms with van der Waals surface area (Å²) in [5.74, 6) is 0. The molecule has 1 heterocycles. The molecule has 2 aromatic rings. The van der Waals surface area contributed by atoms with Gasteiger partial charge in [0.15, 0.2) is 0 Å². The van der Waals surface area contributed by atoms with Gasteiger partial charge >= 0.3 is 0 Å². The number of nitriles is 1. The Kier molecular flexibility index (Phi) is 3.59. The van der Waals surface area contributed by atoms with Crippen molar-refractivity contribution in [1.82, 2.24) is 4.98 Å². The fraction of sp³-hybridized carbons (Fsp3) is 0.0769. The van der Waals surface area contributed by atoms with E-state index in [1.54, 1.807) is 24.3 Å². The first-order chi connectivity index (χ1) is 9.48. The van der Waals surface area contributed by atoms with Crippen LogP contribution in [0.4, 0.5) is 11.4 Å². The summed E-state index contributed by atoms with van der Waals surface area (Å²) >= 11 is 0. The second-order valence-corrected chi connectivity index (χ2v) is 5.95. The van der Waals surface area contributed by atoms with Gasteiger partial charge in [-0.2, -0.15) is 5.26 Å². The largest absolute Gasteiger partial charge is 0.398 e. The highest BCUT2D eigenvalue weighted by Gasteiger charge is 2.25. The maximum Gasteiger partial charge on any atom is 0.267 e. The van der Waals surface area contributed by atoms with Crippen molar-refractivity contribution in [2.45, 2.75) is 4.90 Å². The van der Waals surface area contributed by atoms with Gasteiger partial charge < -0.3 is 5.73 Å². The van der Waals surface area contributed by atoms with Crippen molar-refractivity contribution < 1.29 is 8.42 Å². The van der Waals surface area contributed by atoms with Crippen LogP contribution in [0.15, 0.2) is 47.6 Å². The van der Waals surface area contributed by atoms with Crippen molar-refractivity contribution in [3.8, 4) is 6.07 Å². The first-order valence-electron chi connectivity index (χ1n) is 5.66. The molecule has 7 heteroatoms. The summed E-state index contributed by atoms with van der Waals surface area (Å²) in [6, 6.07) is 9.81. The quantitative estimate of drug-likeness (QED) is 0.919. The van der Waals surface area contributed by atoms with Gasteiger partial charge in [-0.25, -0.2) is 8.42 Å². The molecule has 0 fully saturated rings. The second kappa shape index (κ2) is 5.19. The molecular weight excluding hydrogens is 276 g/mol. The van der Waals surface area contributed by atoms with Gasteiger partial charge in [0.25, 0.3) is 10.0 Å². The molecule has 0 aliphatic heterocycles. The Bertz CT molecular complexity index is 781. The Morgan fingerprint density at radius 2 is 2.00 bits per heavy atom. The molecule has 0 spiro atoms. The van der Waals surface area contributed by atoms with Crippen LogP contribution < -0.4 is 10.0 Å². The second-order valence-electron chi connectivity index (χ2n) is 4.01. The van der Waals surface area contributed by atoms with Gasteiger partial charge in [-0.3, -0.25) is 9.29 Å². The molecule has 0 atom stereocenters. The summed E-state index contributed by atoms with van der Waals surface area (Å²) in [5, 5.41) is 9.05. The molecule has 2 N–H and O–H groups in total. The van der Waals surface area contributed by atoms with E-state index < -0.39 is 10.0 Å². The fourth-order valence-electron chi connectivity index (χ4n) is 1.73. The number of hydrogen-bond donors (Lipinski definition) is 1. The predicted molar refractivity (Wildman–Crippen MR) is 75.4 cm³/mol. The lowest BCUT2D eigenvalue weighted by atomic mass is 10.2. The Morgan fingerprint density at radius 1 is 1.30 bits per heavy atom. The van der Waals surface area contributed by atoms with E-state index in [9.17, 15) is 8.42 Å². The molecule has 1 aromatic carbocycles. The number of anilines is 2. The highest BCUT2D eigenvalue weighted by Crippen LogP contribution is 2.27. The molecule has 0 unspecified atom stereocenters. The van der Waals surface area contributed by atoms with Crippen LogP contribution in [-0.2, 0) is 10.0 Å². The maximum atomic E-state index is 12.5. The van der Waals surface area contributed by atoms with Crippen LogP contribution >= 0.6 is 0 Å². The van der Waals surface area contributed by atoms with Crippen LogP contribution in [-0.4, -0.2) is 20.4 Å². The molecule has 0 amide bonds. The summed E-state index contributed by atoms with van der Waals surface area (Å²) in [6.45, 7) is 0. The van der Waals surface area contributed by atoms with Crippen LogP contribution in [0.1, 0.15) is 5.56 Å². The third kappa shape index (κ3) is 2.29. The van der Waals surface area contributed by atoms with E-state index in [4.69, 9.17) is 11.0 Å². The monoisotopic (exact) mass is 288 g/mol. The summed E-state index contributed by atoms with van der Waals surface area (Å²) < 4.78 is 26.1. The lowest BCUT2D eigenvalue weighted by Gasteiger charge is -2.21. The van der Waals surface area contributed by atoms with Crippen molar-refractivity contribution in [2.24, 2.45) is 0 Å². The highest BCUT2D eigenvalue weighted by atomic mass is 32.2. The number of aromatic nitrogens is 1. The molecule has 0 bridgehead atoms. The summed E-state index contributed by atoms with van der Waals surface area (Å²) in [6.07, 6.45) is 2.60. The van der Waals surface area contributed by atoms with Gasteiger partial charge in [0, 0.05) is 19.4 Å². The number of benzene rings is 1. The number of sulfonamides is 1. The molecule has 2 rings (SSSR count). The number of rotatable bonds is 3. The highest BCUT2D eigenvalue weighted by molar-refractivity contribution is 7.93. The standard InChI is InChI=1S/C13H12N4O2S/c1-17(12-5-3-2-4-10(12)8-14)20(18,19)13-9-16-7-6-11(13)15/h2-7,9H,1H3,(H2,15,16). The van der Waals surface area contributed by atoms with Crippen LogP contribution in [0, 0.1) is 11.3 Å². The van der Waals surface area contributed by atoms with Crippen LogP contribution in [0.3, 0.4) is 0 Å². The molecule has 1 aromatic heterocycles. The number of nitrogens with zero attached hydrogens (tertiary/aromatic N) is 3. The molecular formula is C13H12N4O2S. The molecule has 102 valence electrons. The number of pyridine rings is 1. The lowest BCUT2D eigenvalue weighted by molar-refractivity contribution is 0.594. The Hall–Kier alpha value is -2.59. The van der Waals surface area contributed by atoms with Gasteiger partial charge in [-0.15, -0.1) is 0 Å². The van der Waals surface area contributed by atoms with Gasteiger partial charge in [0.05, 0.1) is 16.9 Å².